The van der Waals surface area contributed by atoms with Crippen LogP contribution >= 0.6 is 22.9 Å². The molecule has 0 spiro atoms. The Bertz CT molecular complexity index is 685. The van der Waals surface area contributed by atoms with Gasteiger partial charge < -0.3 is 10.0 Å². The maximum absolute atomic E-state index is 11.8. The number of thiazole rings is 1. The first-order valence-electron chi connectivity index (χ1n) is 5.64. The van der Waals surface area contributed by atoms with Gasteiger partial charge in [-0.25, -0.2) is 4.98 Å². The highest BCUT2D eigenvalue weighted by atomic mass is 35.5. The summed E-state index contributed by atoms with van der Waals surface area (Å²) in [5.74, 6) is -1.75. The fraction of sp³-hybridized carbons (Fsp3) is 0.250. The van der Waals surface area contributed by atoms with E-state index in [9.17, 15) is 9.59 Å². The van der Waals surface area contributed by atoms with E-state index >= 15 is 0 Å². The van der Waals surface area contributed by atoms with Gasteiger partial charge in [0.1, 0.15) is 0 Å². The second kappa shape index (κ2) is 4.47. The van der Waals surface area contributed by atoms with Crippen LogP contribution in [0, 0.1) is 5.92 Å². The van der Waals surface area contributed by atoms with Crippen molar-refractivity contribution in [3.63, 3.8) is 0 Å². The summed E-state index contributed by atoms with van der Waals surface area (Å²) >= 11 is 7.20. The summed E-state index contributed by atoms with van der Waals surface area (Å²) in [6.45, 7) is 0.206. The van der Waals surface area contributed by atoms with Crippen LogP contribution in [-0.4, -0.2) is 28.5 Å². The maximum atomic E-state index is 11.8. The summed E-state index contributed by atoms with van der Waals surface area (Å²) in [4.78, 5) is 28.4. The highest BCUT2D eigenvalue weighted by Gasteiger charge is 2.35. The first-order chi connectivity index (χ1) is 9.04. The van der Waals surface area contributed by atoms with Crippen molar-refractivity contribution in [3.8, 4) is 0 Å². The van der Waals surface area contributed by atoms with E-state index in [0.29, 0.717) is 10.2 Å². The fourth-order valence-corrected chi connectivity index (χ4v) is 3.19. The fourth-order valence-electron chi connectivity index (χ4n) is 2.18. The molecule has 1 atom stereocenters. The topological polar surface area (TPSA) is 70.5 Å². The van der Waals surface area contributed by atoms with E-state index in [2.05, 4.69) is 4.98 Å². The van der Waals surface area contributed by atoms with Gasteiger partial charge in [-0.1, -0.05) is 11.6 Å². The number of anilines is 1. The van der Waals surface area contributed by atoms with Crippen LogP contribution in [0.4, 0.5) is 5.69 Å². The van der Waals surface area contributed by atoms with Crippen molar-refractivity contribution in [3.05, 3.63) is 22.7 Å². The van der Waals surface area contributed by atoms with E-state index < -0.39 is 11.9 Å². The van der Waals surface area contributed by atoms with Gasteiger partial charge >= 0.3 is 5.97 Å². The minimum atomic E-state index is -0.936. The Hall–Kier alpha value is -1.66. The summed E-state index contributed by atoms with van der Waals surface area (Å²) in [6, 6.07) is 5.40. The number of aromatic nitrogens is 1. The smallest absolute Gasteiger partial charge is 0.308 e. The predicted octanol–water partition coefficient (Wildman–Crippen LogP) is 2.39. The third-order valence-electron chi connectivity index (χ3n) is 3.13. The van der Waals surface area contributed by atoms with Gasteiger partial charge in [-0.2, -0.15) is 0 Å². The number of halogens is 1. The molecule has 0 bridgehead atoms. The van der Waals surface area contributed by atoms with Crippen molar-refractivity contribution in [1.29, 1.82) is 0 Å². The molecule has 0 aliphatic carbocycles. The Morgan fingerprint density at radius 1 is 1.53 bits per heavy atom. The molecule has 98 valence electrons. The highest BCUT2D eigenvalue weighted by Crippen LogP contribution is 2.31. The second-order valence-electron chi connectivity index (χ2n) is 4.36. The van der Waals surface area contributed by atoms with Crippen molar-refractivity contribution in [2.75, 3.05) is 11.4 Å². The predicted molar refractivity (Wildman–Crippen MR) is 72.7 cm³/mol. The van der Waals surface area contributed by atoms with Gasteiger partial charge in [-0.15, -0.1) is 11.3 Å². The molecule has 1 aliphatic rings. The molecule has 19 heavy (non-hydrogen) atoms. The molecule has 1 amide bonds. The number of rotatable bonds is 2. The number of carbonyl (C=O) groups excluding carboxylic acids is 1. The molecule has 0 radical (unpaired) electrons. The molecule has 5 nitrogen and oxygen atoms in total. The molecule has 0 saturated carbocycles. The van der Waals surface area contributed by atoms with Crippen molar-refractivity contribution < 1.29 is 14.7 Å². The van der Waals surface area contributed by atoms with Crippen LogP contribution in [-0.2, 0) is 9.59 Å². The van der Waals surface area contributed by atoms with Gasteiger partial charge in [0.05, 0.1) is 16.1 Å². The number of carboxylic acids is 1. The molecule has 1 unspecified atom stereocenters. The number of carbonyl (C=O) groups is 2. The summed E-state index contributed by atoms with van der Waals surface area (Å²) < 4.78 is 1.39. The van der Waals surface area contributed by atoms with Crippen LogP contribution in [0.25, 0.3) is 10.2 Å². The van der Waals surface area contributed by atoms with E-state index in [-0.39, 0.29) is 18.9 Å². The maximum Gasteiger partial charge on any atom is 0.308 e. The second-order valence-corrected chi connectivity index (χ2v) is 5.98. The van der Waals surface area contributed by atoms with Crippen molar-refractivity contribution >= 4 is 50.7 Å². The molecular weight excluding hydrogens is 288 g/mol. The minimum Gasteiger partial charge on any atom is -0.481 e. The van der Waals surface area contributed by atoms with E-state index in [1.165, 1.54) is 16.2 Å². The van der Waals surface area contributed by atoms with Crippen LogP contribution in [0.1, 0.15) is 6.42 Å². The van der Waals surface area contributed by atoms with Crippen LogP contribution in [0.2, 0.25) is 4.47 Å². The lowest BCUT2D eigenvalue weighted by Crippen LogP contribution is -2.25. The average molecular weight is 297 g/mol. The van der Waals surface area contributed by atoms with Crippen LogP contribution in [0.3, 0.4) is 0 Å². The molecule has 1 aromatic carbocycles. The number of amides is 1. The Labute approximate surface area is 117 Å². The number of hydrogen-bond donors (Lipinski definition) is 1. The van der Waals surface area contributed by atoms with Gasteiger partial charge in [-0.05, 0) is 18.2 Å². The van der Waals surface area contributed by atoms with Gasteiger partial charge in [0, 0.05) is 18.7 Å². The Morgan fingerprint density at radius 2 is 2.32 bits per heavy atom. The van der Waals surface area contributed by atoms with Crippen molar-refractivity contribution in [1.82, 2.24) is 4.98 Å². The van der Waals surface area contributed by atoms with E-state index in [0.717, 1.165) is 10.2 Å². The summed E-state index contributed by atoms with van der Waals surface area (Å²) in [7, 11) is 0. The van der Waals surface area contributed by atoms with Gasteiger partial charge in [0.25, 0.3) is 0 Å². The number of carboxylic acid groups (broad SMARTS) is 1. The molecule has 3 rings (SSSR count). The van der Waals surface area contributed by atoms with Gasteiger partial charge in [-0.3, -0.25) is 9.59 Å². The zero-order chi connectivity index (χ0) is 13.6. The lowest BCUT2D eigenvalue weighted by Gasteiger charge is -2.15. The SMILES string of the molecule is O=C(O)C1CC(=O)N(c2ccc3sc(Cl)nc3c2)C1. The largest absolute Gasteiger partial charge is 0.481 e. The summed E-state index contributed by atoms with van der Waals surface area (Å²) in [5, 5.41) is 8.96. The van der Waals surface area contributed by atoms with Gasteiger partial charge in [0.15, 0.2) is 4.47 Å². The average Bonchev–Trinajstić information content (AvgIpc) is 2.90. The van der Waals surface area contributed by atoms with E-state index in [1.807, 2.05) is 6.07 Å². The van der Waals surface area contributed by atoms with E-state index in [1.54, 1.807) is 12.1 Å². The monoisotopic (exact) mass is 296 g/mol. The number of fused-ring (bicyclic) bond motifs is 1. The standard InChI is InChI=1S/C12H9ClN2O3S/c13-12-14-8-4-7(1-2-9(8)19-12)15-5-6(11(17)18)3-10(15)16/h1-2,4,6H,3,5H2,(H,17,18). The van der Waals surface area contributed by atoms with Crippen LogP contribution < -0.4 is 4.90 Å². The number of hydrogen-bond acceptors (Lipinski definition) is 4. The van der Waals surface area contributed by atoms with E-state index in [4.69, 9.17) is 16.7 Å². The Balaban J connectivity index is 1.95. The van der Waals surface area contributed by atoms with Crippen molar-refractivity contribution in [2.24, 2.45) is 5.92 Å². The molecule has 1 aliphatic heterocycles. The molecule has 1 saturated heterocycles. The molecule has 7 heteroatoms. The highest BCUT2D eigenvalue weighted by molar-refractivity contribution is 7.22. The molecular formula is C12H9ClN2O3S. The molecule has 2 heterocycles. The lowest BCUT2D eigenvalue weighted by atomic mass is 10.1. The lowest BCUT2D eigenvalue weighted by molar-refractivity contribution is -0.141. The summed E-state index contributed by atoms with van der Waals surface area (Å²) in [6.07, 6.45) is 0.0468. The van der Waals surface area contributed by atoms with Crippen molar-refractivity contribution in [2.45, 2.75) is 6.42 Å². The zero-order valence-corrected chi connectivity index (χ0v) is 11.2. The third-order valence-corrected chi connectivity index (χ3v) is 4.27. The number of benzene rings is 1. The zero-order valence-electron chi connectivity index (χ0n) is 9.67. The Morgan fingerprint density at radius 3 is 3.00 bits per heavy atom. The molecule has 1 aromatic heterocycles. The van der Waals surface area contributed by atoms with Crippen LogP contribution in [0.5, 0.6) is 0 Å². The Kier molecular flexibility index (Phi) is 2.91. The number of nitrogens with zero attached hydrogens (tertiary/aromatic N) is 2. The number of aliphatic carboxylic acids is 1. The third kappa shape index (κ3) is 2.17. The van der Waals surface area contributed by atoms with Crippen LogP contribution in [0.15, 0.2) is 18.2 Å². The first kappa shape index (κ1) is 12.4. The normalized spacial score (nSPS) is 19.3. The summed E-state index contributed by atoms with van der Waals surface area (Å²) in [5.41, 5.74) is 1.39. The molecule has 1 N–H and O–H groups in total. The molecule has 2 aromatic rings. The quantitative estimate of drug-likeness (QED) is 0.924. The van der Waals surface area contributed by atoms with Gasteiger partial charge in [0.2, 0.25) is 5.91 Å². The minimum absolute atomic E-state index is 0.0468. The molecule has 1 fully saturated rings. The first-order valence-corrected chi connectivity index (χ1v) is 6.83.